The van der Waals surface area contributed by atoms with Gasteiger partial charge in [-0.1, -0.05) is 22.9 Å². The fraction of sp³-hybridized carbons (Fsp3) is 0.294. The molecule has 138 valence electrons. The zero-order valence-corrected chi connectivity index (χ0v) is 15.5. The molecule has 27 heavy (non-hydrogen) atoms. The van der Waals surface area contributed by atoms with E-state index in [1.807, 2.05) is 0 Å². The lowest BCUT2D eigenvalue weighted by atomic mass is 9.81. The zero-order chi connectivity index (χ0) is 19.2. The number of carbonyl (C=O) groups excluding carboxylic acids is 1. The van der Waals surface area contributed by atoms with Crippen LogP contribution in [0.3, 0.4) is 0 Å². The highest BCUT2D eigenvalue weighted by Gasteiger charge is 2.50. The van der Waals surface area contributed by atoms with Crippen molar-refractivity contribution in [3.8, 4) is 6.07 Å². The Morgan fingerprint density at radius 2 is 2.22 bits per heavy atom. The summed E-state index contributed by atoms with van der Waals surface area (Å²) in [6.45, 7) is 1.02. The minimum atomic E-state index is -0.981. The molecule has 1 aromatic carbocycles. The highest BCUT2D eigenvalue weighted by atomic mass is 35.5. The van der Waals surface area contributed by atoms with Crippen molar-refractivity contribution < 1.29 is 14.7 Å². The maximum Gasteiger partial charge on any atom is 0.407 e. The van der Waals surface area contributed by atoms with Crippen molar-refractivity contribution in [3.63, 3.8) is 0 Å². The van der Waals surface area contributed by atoms with E-state index >= 15 is 0 Å². The summed E-state index contributed by atoms with van der Waals surface area (Å²) in [4.78, 5) is 31.2. The number of carboxylic acid groups (broad SMARTS) is 1. The molecule has 4 rings (SSSR count). The van der Waals surface area contributed by atoms with Crippen molar-refractivity contribution in [1.29, 1.82) is 5.26 Å². The first-order valence-corrected chi connectivity index (χ1v) is 9.34. The second-order valence-corrected chi connectivity index (χ2v) is 8.23. The van der Waals surface area contributed by atoms with Crippen molar-refractivity contribution in [2.24, 2.45) is 0 Å². The molecule has 2 aliphatic heterocycles. The van der Waals surface area contributed by atoms with Crippen LogP contribution in [0, 0.1) is 11.3 Å². The molecule has 1 spiro atoms. The predicted octanol–water partition coefficient (Wildman–Crippen LogP) is 3.34. The lowest BCUT2D eigenvalue weighted by Gasteiger charge is -2.25. The normalized spacial score (nSPS) is 20.6. The number of thiazole rings is 1. The van der Waals surface area contributed by atoms with Crippen molar-refractivity contribution in [2.45, 2.75) is 11.8 Å². The number of carbonyl (C=O) groups is 2. The smallest absolute Gasteiger partial charge is 0.407 e. The molecular formula is C17H14ClN5O3S. The van der Waals surface area contributed by atoms with Gasteiger partial charge >= 0.3 is 12.1 Å². The molecule has 10 heteroatoms. The van der Waals surface area contributed by atoms with Crippen LogP contribution in [-0.4, -0.2) is 46.7 Å². The Bertz CT molecular complexity index is 987. The summed E-state index contributed by atoms with van der Waals surface area (Å²) in [7, 11) is 0. The molecule has 1 atom stereocenters. The topological polar surface area (TPSA) is 110 Å². The lowest BCUT2D eigenvalue weighted by molar-refractivity contribution is 0.153. The van der Waals surface area contributed by atoms with E-state index in [0.717, 1.165) is 16.9 Å². The number of amides is 3. The number of rotatable bonds is 1. The average molecular weight is 404 g/mol. The summed E-state index contributed by atoms with van der Waals surface area (Å²) in [5.74, 6) is 0. The van der Waals surface area contributed by atoms with Crippen LogP contribution in [0.1, 0.15) is 17.5 Å². The minimum absolute atomic E-state index is 0.289. The van der Waals surface area contributed by atoms with Gasteiger partial charge in [0.25, 0.3) is 0 Å². The molecular weight excluding hydrogens is 390 g/mol. The molecule has 1 unspecified atom stereocenters. The second-order valence-electron chi connectivity index (χ2n) is 6.56. The number of aromatic nitrogens is 1. The number of hydrogen-bond donors (Lipinski definition) is 2. The fourth-order valence-electron chi connectivity index (χ4n) is 3.78. The third kappa shape index (κ3) is 2.97. The van der Waals surface area contributed by atoms with E-state index in [4.69, 9.17) is 11.6 Å². The molecule has 2 aliphatic rings. The van der Waals surface area contributed by atoms with Crippen LogP contribution in [-0.2, 0) is 5.41 Å². The number of nitrogens with zero attached hydrogens (tertiary/aromatic N) is 4. The lowest BCUT2D eigenvalue weighted by Crippen LogP contribution is -2.41. The summed E-state index contributed by atoms with van der Waals surface area (Å²) < 4.78 is 0.468. The Morgan fingerprint density at radius 3 is 2.85 bits per heavy atom. The number of urea groups is 1. The molecule has 2 N–H and O–H groups in total. The molecule has 1 aromatic heterocycles. The maximum atomic E-state index is 12.8. The van der Waals surface area contributed by atoms with E-state index in [1.54, 1.807) is 23.1 Å². The largest absolute Gasteiger partial charge is 0.465 e. The molecule has 1 fully saturated rings. The van der Waals surface area contributed by atoms with Crippen LogP contribution in [0.2, 0.25) is 4.34 Å². The Labute approximate surface area is 163 Å². The van der Waals surface area contributed by atoms with Gasteiger partial charge in [-0.15, -0.1) is 0 Å². The summed E-state index contributed by atoms with van der Waals surface area (Å²) in [5, 5.41) is 21.7. The predicted molar refractivity (Wildman–Crippen MR) is 101 cm³/mol. The van der Waals surface area contributed by atoms with E-state index < -0.39 is 11.5 Å². The molecule has 0 aliphatic carbocycles. The van der Waals surface area contributed by atoms with Gasteiger partial charge in [0.15, 0.2) is 5.13 Å². The molecule has 0 radical (unpaired) electrons. The SMILES string of the molecule is N#Cc1ccc2c(c1)C1(CCN(C(=O)O)C1)CN2C(=O)Nc1ncc(Cl)s1. The van der Waals surface area contributed by atoms with Crippen LogP contribution in [0.15, 0.2) is 24.4 Å². The van der Waals surface area contributed by atoms with Crippen molar-refractivity contribution in [2.75, 3.05) is 29.9 Å². The van der Waals surface area contributed by atoms with Gasteiger partial charge in [0, 0.05) is 30.7 Å². The fourth-order valence-corrected chi connectivity index (χ4v) is 4.58. The monoisotopic (exact) mass is 403 g/mol. The van der Waals surface area contributed by atoms with Gasteiger partial charge in [-0.05, 0) is 30.2 Å². The average Bonchev–Trinajstić information content (AvgIpc) is 3.34. The van der Waals surface area contributed by atoms with Crippen LogP contribution >= 0.6 is 22.9 Å². The molecule has 2 aromatic rings. The van der Waals surface area contributed by atoms with Gasteiger partial charge < -0.3 is 10.0 Å². The summed E-state index contributed by atoms with van der Waals surface area (Å²) in [6, 6.07) is 6.90. The highest BCUT2D eigenvalue weighted by Crippen LogP contribution is 2.47. The van der Waals surface area contributed by atoms with Gasteiger partial charge in [-0.25, -0.2) is 14.6 Å². The number of hydrogen-bond acceptors (Lipinski definition) is 5. The zero-order valence-electron chi connectivity index (χ0n) is 14.0. The molecule has 3 amide bonds. The summed E-state index contributed by atoms with van der Waals surface area (Å²) in [6.07, 6.45) is 1.07. The summed E-state index contributed by atoms with van der Waals surface area (Å²) in [5.41, 5.74) is 1.48. The van der Waals surface area contributed by atoms with Gasteiger partial charge in [0.1, 0.15) is 4.34 Å². The molecule has 0 saturated carbocycles. The standard InChI is InChI=1S/C17H14ClN5O3S/c18-13-7-20-14(27-13)21-15(24)23-9-17(3-4-22(8-17)16(25)26)11-5-10(6-19)1-2-12(11)23/h1-2,5,7H,3-4,8-9H2,(H,25,26)(H,20,21,24). The first kappa shape index (κ1) is 17.6. The number of fused-ring (bicyclic) bond motifs is 2. The molecule has 3 heterocycles. The molecule has 1 saturated heterocycles. The number of nitriles is 1. The van der Waals surface area contributed by atoms with Gasteiger partial charge in [0.2, 0.25) is 0 Å². The van der Waals surface area contributed by atoms with Crippen molar-refractivity contribution >= 4 is 45.9 Å². The van der Waals surface area contributed by atoms with Gasteiger partial charge in [-0.2, -0.15) is 5.26 Å². The van der Waals surface area contributed by atoms with E-state index in [1.165, 1.54) is 11.1 Å². The van der Waals surface area contributed by atoms with Gasteiger partial charge in [-0.3, -0.25) is 10.2 Å². The number of anilines is 2. The van der Waals surface area contributed by atoms with Crippen LogP contribution in [0.5, 0.6) is 0 Å². The number of benzene rings is 1. The Hall–Kier alpha value is -2.83. The third-order valence-electron chi connectivity index (χ3n) is 5.01. The maximum absolute atomic E-state index is 12.8. The number of likely N-dealkylation sites (tertiary alicyclic amines) is 1. The second kappa shape index (κ2) is 6.40. The van der Waals surface area contributed by atoms with Crippen molar-refractivity contribution in [3.05, 3.63) is 39.9 Å². The quantitative estimate of drug-likeness (QED) is 0.758. The van der Waals surface area contributed by atoms with E-state index in [0.29, 0.717) is 40.2 Å². The van der Waals surface area contributed by atoms with Crippen molar-refractivity contribution in [1.82, 2.24) is 9.88 Å². The number of nitrogens with one attached hydrogen (secondary N) is 1. The number of halogens is 1. The Morgan fingerprint density at radius 1 is 1.41 bits per heavy atom. The van der Waals surface area contributed by atoms with Crippen LogP contribution < -0.4 is 10.2 Å². The van der Waals surface area contributed by atoms with E-state index in [2.05, 4.69) is 16.4 Å². The molecule has 0 bridgehead atoms. The van der Waals surface area contributed by atoms with E-state index in [9.17, 15) is 20.0 Å². The molecule has 8 nitrogen and oxygen atoms in total. The first-order valence-electron chi connectivity index (χ1n) is 8.14. The van der Waals surface area contributed by atoms with E-state index in [-0.39, 0.29) is 12.6 Å². The third-order valence-corrected chi connectivity index (χ3v) is 6.04. The minimum Gasteiger partial charge on any atom is -0.465 e. The van der Waals surface area contributed by atoms with Gasteiger partial charge in [0.05, 0.1) is 17.8 Å². The summed E-state index contributed by atoms with van der Waals surface area (Å²) >= 11 is 7.02. The Kier molecular flexibility index (Phi) is 4.17. The Balaban J connectivity index is 1.69. The van der Waals surface area contributed by atoms with Crippen LogP contribution in [0.4, 0.5) is 20.4 Å². The van der Waals surface area contributed by atoms with Crippen LogP contribution in [0.25, 0.3) is 0 Å². The highest BCUT2D eigenvalue weighted by molar-refractivity contribution is 7.19. The first-order chi connectivity index (χ1) is 12.9.